The lowest BCUT2D eigenvalue weighted by atomic mass is 10.1. The second-order valence-corrected chi connectivity index (χ2v) is 2.58. The van der Waals surface area contributed by atoms with Crippen LogP contribution >= 0.6 is 0 Å². The number of carbonyl (C=O) groups excluding carboxylic acids is 1. The number of esters is 1. The maximum absolute atomic E-state index is 11.1. The number of hydrogen-bond donors (Lipinski definition) is 1. The Hall–Kier alpha value is -1.19. The van der Waals surface area contributed by atoms with E-state index < -0.39 is 5.97 Å². The van der Waals surface area contributed by atoms with Gasteiger partial charge in [0.1, 0.15) is 5.57 Å². The third kappa shape index (κ3) is 3.83. The highest BCUT2D eigenvalue weighted by Crippen LogP contribution is 2.13. The molecule has 0 radical (unpaired) electrons. The molecule has 76 valence electrons. The molecule has 0 aliphatic rings. The van der Waals surface area contributed by atoms with Gasteiger partial charge in [0.05, 0.1) is 14.2 Å². The number of carbonyl (C=O) groups is 1. The molecule has 4 heteroatoms. The second-order valence-electron chi connectivity index (χ2n) is 2.58. The van der Waals surface area contributed by atoms with E-state index >= 15 is 0 Å². The Morgan fingerprint density at radius 1 is 1.31 bits per heavy atom. The summed E-state index contributed by atoms with van der Waals surface area (Å²) in [6.07, 6.45) is 2.23. The number of rotatable bonds is 5. The number of aliphatic hydroxyl groups is 1. The van der Waals surface area contributed by atoms with Gasteiger partial charge >= 0.3 is 5.97 Å². The molecule has 0 fully saturated rings. The quantitative estimate of drug-likeness (QED) is 0.406. The van der Waals surface area contributed by atoms with Crippen LogP contribution in [0.25, 0.3) is 0 Å². The molecule has 13 heavy (non-hydrogen) atoms. The Balaban J connectivity index is 4.45. The fourth-order valence-corrected chi connectivity index (χ4v) is 0.896. The molecule has 0 bridgehead atoms. The average molecular weight is 188 g/mol. The Bertz CT molecular complexity index is 196. The van der Waals surface area contributed by atoms with Crippen LogP contribution in [0.1, 0.15) is 26.2 Å². The first-order valence-corrected chi connectivity index (χ1v) is 4.21. The van der Waals surface area contributed by atoms with Crippen LogP contribution in [0.5, 0.6) is 0 Å². The molecule has 0 aliphatic heterocycles. The predicted octanol–water partition coefficient (Wildman–Crippen LogP) is 1.77. The van der Waals surface area contributed by atoms with Crippen molar-refractivity contribution in [3.8, 4) is 0 Å². The van der Waals surface area contributed by atoms with Crippen molar-refractivity contribution in [2.24, 2.45) is 0 Å². The smallest absolute Gasteiger partial charge is 0.340 e. The van der Waals surface area contributed by atoms with Gasteiger partial charge in [-0.15, -0.1) is 0 Å². The van der Waals surface area contributed by atoms with Crippen molar-refractivity contribution < 1.29 is 19.4 Å². The first kappa shape index (κ1) is 11.8. The van der Waals surface area contributed by atoms with Crippen LogP contribution in [-0.2, 0) is 14.3 Å². The molecule has 0 atom stereocenters. The zero-order chi connectivity index (χ0) is 10.3. The molecule has 0 spiro atoms. The third-order valence-corrected chi connectivity index (χ3v) is 1.66. The van der Waals surface area contributed by atoms with Crippen LogP contribution in [0.3, 0.4) is 0 Å². The SMILES string of the molecule is CCCC/C(C(=O)OC)=C(\O)OC. The summed E-state index contributed by atoms with van der Waals surface area (Å²) in [6, 6.07) is 0. The molecule has 0 unspecified atom stereocenters. The van der Waals surface area contributed by atoms with Gasteiger partial charge in [-0.2, -0.15) is 0 Å². The van der Waals surface area contributed by atoms with Crippen molar-refractivity contribution in [2.45, 2.75) is 26.2 Å². The monoisotopic (exact) mass is 188 g/mol. The first-order chi connectivity index (χ1) is 6.17. The molecular weight excluding hydrogens is 172 g/mol. The summed E-state index contributed by atoms with van der Waals surface area (Å²) < 4.78 is 9.06. The van der Waals surface area contributed by atoms with Crippen molar-refractivity contribution in [3.63, 3.8) is 0 Å². The van der Waals surface area contributed by atoms with Crippen LogP contribution in [0.15, 0.2) is 11.5 Å². The minimum Gasteiger partial charge on any atom is -0.481 e. The normalized spacial score (nSPS) is 11.9. The van der Waals surface area contributed by atoms with E-state index in [-0.39, 0.29) is 11.5 Å². The van der Waals surface area contributed by atoms with Gasteiger partial charge in [0.15, 0.2) is 0 Å². The van der Waals surface area contributed by atoms with Crippen molar-refractivity contribution >= 4 is 5.97 Å². The maximum Gasteiger partial charge on any atom is 0.340 e. The van der Waals surface area contributed by atoms with Crippen LogP contribution in [-0.4, -0.2) is 25.3 Å². The lowest BCUT2D eigenvalue weighted by Crippen LogP contribution is -2.09. The lowest BCUT2D eigenvalue weighted by molar-refractivity contribution is -0.136. The standard InChI is InChI=1S/C9H16O4/c1-4-5-6-7(8(10)12-2)9(11)13-3/h10H,4-6H2,1-3H3/b8-7-. The molecule has 0 aliphatic carbocycles. The van der Waals surface area contributed by atoms with Crippen molar-refractivity contribution in [2.75, 3.05) is 14.2 Å². The van der Waals surface area contributed by atoms with Crippen LogP contribution in [0.2, 0.25) is 0 Å². The average Bonchev–Trinajstić information content (AvgIpc) is 2.17. The number of hydrogen-bond acceptors (Lipinski definition) is 4. The third-order valence-electron chi connectivity index (χ3n) is 1.66. The molecule has 0 rings (SSSR count). The summed E-state index contributed by atoms with van der Waals surface area (Å²) in [5.41, 5.74) is 0.201. The topological polar surface area (TPSA) is 55.8 Å². The predicted molar refractivity (Wildman–Crippen MR) is 48.2 cm³/mol. The zero-order valence-electron chi connectivity index (χ0n) is 8.29. The fraction of sp³-hybridized carbons (Fsp3) is 0.667. The minimum absolute atomic E-state index is 0.201. The summed E-state index contributed by atoms with van der Waals surface area (Å²) in [4.78, 5) is 11.1. The summed E-state index contributed by atoms with van der Waals surface area (Å²) in [5.74, 6) is -0.881. The van der Waals surface area contributed by atoms with Gasteiger partial charge in [-0.25, -0.2) is 4.79 Å². The molecule has 0 aromatic rings. The van der Waals surface area contributed by atoms with E-state index in [9.17, 15) is 9.90 Å². The molecule has 4 nitrogen and oxygen atoms in total. The van der Waals surface area contributed by atoms with Crippen LogP contribution in [0.4, 0.5) is 0 Å². The number of aliphatic hydroxyl groups excluding tert-OH is 1. The molecule has 0 amide bonds. The Labute approximate surface area is 78.2 Å². The zero-order valence-corrected chi connectivity index (χ0v) is 8.29. The van der Waals surface area contributed by atoms with E-state index in [0.29, 0.717) is 6.42 Å². The van der Waals surface area contributed by atoms with E-state index in [1.807, 2.05) is 6.92 Å². The molecule has 0 saturated carbocycles. The molecule has 0 aromatic carbocycles. The Morgan fingerprint density at radius 3 is 2.31 bits per heavy atom. The highest BCUT2D eigenvalue weighted by Gasteiger charge is 2.15. The minimum atomic E-state index is -0.534. The summed E-state index contributed by atoms with van der Waals surface area (Å²) in [6.45, 7) is 2.00. The Kier molecular flexibility index (Phi) is 5.76. The van der Waals surface area contributed by atoms with Crippen molar-refractivity contribution in [1.29, 1.82) is 0 Å². The van der Waals surface area contributed by atoms with E-state index in [4.69, 9.17) is 0 Å². The van der Waals surface area contributed by atoms with Gasteiger partial charge in [0.2, 0.25) is 0 Å². The molecule has 0 saturated heterocycles. The van der Waals surface area contributed by atoms with E-state index in [1.54, 1.807) is 0 Å². The highest BCUT2D eigenvalue weighted by molar-refractivity contribution is 5.88. The summed E-state index contributed by atoms with van der Waals surface area (Å²) in [7, 11) is 2.58. The first-order valence-electron chi connectivity index (χ1n) is 4.21. The summed E-state index contributed by atoms with van der Waals surface area (Å²) >= 11 is 0. The van der Waals surface area contributed by atoms with Crippen molar-refractivity contribution in [3.05, 3.63) is 11.5 Å². The van der Waals surface area contributed by atoms with E-state index in [2.05, 4.69) is 9.47 Å². The highest BCUT2D eigenvalue weighted by atomic mass is 16.6. The van der Waals surface area contributed by atoms with Gasteiger partial charge in [-0.05, 0) is 12.8 Å². The molecule has 1 N–H and O–H groups in total. The van der Waals surface area contributed by atoms with Crippen LogP contribution < -0.4 is 0 Å². The number of unbranched alkanes of at least 4 members (excludes halogenated alkanes) is 1. The van der Waals surface area contributed by atoms with E-state index in [1.165, 1.54) is 14.2 Å². The number of ether oxygens (including phenoxy) is 2. The Morgan fingerprint density at radius 2 is 1.92 bits per heavy atom. The fourth-order valence-electron chi connectivity index (χ4n) is 0.896. The van der Waals surface area contributed by atoms with Gasteiger partial charge in [-0.1, -0.05) is 13.3 Å². The van der Waals surface area contributed by atoms with Crippen LogP contribution in [0, 0.1) is 0 Å². The second kappa shape index (κ2) is 6.34. The number of methoxy groups -OCH3 is 2. The molecular formula is C9H16O4. The maximum atomic E-state index is 11.1. The summed E-state index contributed by atoms with van der Waals surface area (Å²) in [5, 5.41) is 9.20. The molecule has 0 heterocycles. The lowest BCUT2D eigenvalue weighted by Gasteiger charge is -2.06. The van der Waals surface area contributed by atoms with Gasteiger partial charge in [-0.3, -0.25) is 0 Å². The molecule has 0 aromatic heterocycles. The van der Waals surface area contributed by atoms with Gasteiger partial charge < -0.3 is 14.6 Å². The van der Waals surface area contributed by atoms with Gasteiger partial charge in [0, 0.05) is 0 Å². The van der Waals surface area contributed by atoms with Gasteiger partial charge in [0.25, 0.3) is 5.95 Å². The largest absolute Gasteiger partial charge is 0.481 e. The van der Waals surface area contributed by atoms with Crippen molar-refractivity contribution in [1.82, 2.24) is 0 Å². The van der Waals surface area contributed by atoms with E-state index in [0.717, 1.165) is 12.8 Å².